The van der Waals surface area contributed by atoms with Crippen LogP contribution in [0, 0.1) is 0 Å². The van der Waals surface area contributed by atoms with Gasteiger partial charge in [0.05, 0.1) is 0 Å². The largest absolute Gasteiger partial charge is 0.122 e. The predicted molar refractivity (Wildman–Crippen MR) is 111 cm³/mol. The lowest BCUT2D eigenvalue weighted by atomic mass is 9.85. The van der Waals surface area contributed by atoms with Gasteiger partial charge in [-0.25, -0.2) is 0 Å². The van der Waals surface area contributed by atoms with Crippen LogP contribution in [0.15, 0.2) is 12.2 Å². The average Bonchev–Trinajstić information content (AvgIpc) is 2.64. The van der Waals surface area contributed by atoms with Crippen molar-refractivity contribution in [3.8, 4) is 0 Å². The van der Waals surface area contributed by atoms with Crippen LogP contribution in [0.1, 0.15) is 103 Å². The molecule has 0 nitrogen and oxygen atoms in total. The van der Waals surface area contributed by atoms with E-state index in [4.69, 9.17) is 11.6 Å². The van der Waals surface area contributed by atoms with E-state index in [0.717, 1.165) is 11.3 Å². The van der Waals surface area contributed by atoms with Crippen molar-refractivity contribution >= 4 is 19.5 Å². The van der Waals surface area contributed by atoms with Gasteiger partial charge in [0.25, 0.3) is 0 Å². The van der Waals surface area contributed by atoms with Gasteiger partial charge in [-0.15, -0.1) is 11.6 Å². The lowest BCUT2D eigenvalue weighted by Crippen LogP contribution is -2.45. The smallest absolute Gasteiger partial charge is 0.0434 e. The number of hydrogen-bond acceptors (Lipinski definition) is 0. The molecule has 0 aromatic carbocycles. The molecule has 3 fully saturated rings. The van der Waals surface area contributed by atoms with Crippen LogP contribution < -0.4 is 0 Å². The van der Waals surface area contributed by atoms with Crippen LogP contribution >= 0.6 is 19.5 Å². The van der Waals surface area contributed by atoms with Gasteiger partial charge in [-0.1, -0.05) is 71.4 Å². The molecule has 0 spiro atoms. The Labute approximate surface area is 156 Å². The van der Waals surface area contributed by atoms with Gasteiger partial charge in [0.15, 0.2) is 0 Å². The SMILES string of the molecule is CC=CCC1(P(C2CCCCC2)C2CCCCC2)CCCCC1Cl. The van der Waals surface area contributed by atoms with Crippen molar-refractivity contribution in [3.05, 3.63) is 12.2 Å². The van der Waals surface area contributed by atoms with Gasteiger partial charge in [-0.05, 0) is 63.2 Å². The van der Waals surface area contributed by atoms with Gasteiger partial charge in [-0.2, -0.15) is 0 Å². The molecule has 3 aliphatic carbocycles. The normalized spacial score (nSPS) is 34.2. The Morgan fingerprint density at radius 3 is 1.88 bits per heavy atom. The maximum Gasteiger partial charge on any atom is 0.0434 e. The summed E-state index contributed by atoms with van der Waals surface area (Å²) in [5.74, 6) is 0. The van der Waals surface area contributed by atoms with Gasteiger partial charge < -0.3 is 0 Å². The average molecular weight is 369 g/mol. The molecule has 0 heterocycles. The molecule has 3 aliphatic rings. The molecular formula is C22H38ClP. The first-order valence-electron chi connectivity index (χ1n) is 10.8. The highest BCUT2D eigenvalue weighted by Crippen LogP contribution is 2.69. The first-order chi connectivity index (χ1) is 11.8. The van der Waals surface area contributed by atoms with Crippen molar-refractivity contribution in [1.82, 2.24) is 0 Å². The molecule has 0 amide bonds. The molecule has 0 aromatic rings. The zero-order valence-electron chi connectivity index (χ0n) is 15.8. The summed E-state index contributed by atoms with van der Waals surface area (Å²) in [7, 11) is 0.0664. The van der Waals surface area contributed by atoms with E-state index in [9.17, 15) is 0 Å². The van der Waals surface area contributed by atoms with Crippen molar-refractivity contribution in [2.45, 2.75) is 125 Å². The molecule has 0 saturated heterocycles. The van der Waals surface area contributed by atoms with Gasteiger partial charge in [0.1, 0.15) is 0 Å². The molecule has 0 radical (unpaired) electrons. The Bertz CT molecular complexity index is 377. The molecule has 0 aliphatic heterocycles. The number of allylic oxidation sites excluding steroid dienone is 2. The molecule has 138 valence electrons. The lowest BCUT2D eigenvalue weighted by Gasteiger charge is -2.54. The second kappa shape index (κ2) is 9.41. The van der Waals surface area contributed by atoms with Gasteiger partial charge in [-0.3, -0.25) is 0 Å². The summed E-state index contributed by atoms with van der Waals surface area (Å²) >= 11 is 7.19. The minimum Gasteiger partial charge on any atom is -0.122 e. The van der Waals surface area contributed by atoms with E-state index in [-0.39, 0.29) is 7.92 Å². The van der Waals surface area contributed by atoms with Crippen molar-refractivity contribution in [1.29, 1.82) is 0 Å². The standard InChI is InChI=1S/C22H38ClP/c1-2-3-17-22(18-11-10-16-21(22)23)24(19-12-6-4-7-13-19)20-14-8-5-9-15-20/h2-3,19-21H,4-18H2,1H3. The molecular weight excluding hydrogens is 331 g/mol. The molecule has 2 unspecified atom stereocenters. The molecule has 0 aromatic heterocycles. The first-order valence-corrected chi connectivity index (χ1v) is 12.7. The molecule has 2 atom stereocenters. The van der Waals surface area contributed by atoms with E-state index in [0.29, 0.717) is 10.5 Å². The summed E-state index contributed by atoms with van der Waals surface area (Å²) in [5.41, 5.74) is 2.06. The topological polar surface area (TPSA) is 0 Å². The van der Waals surface area contributed by atoms with Crippen LogP contribution in [0.4, 0.5) is 0 Å². The Kier molecular flexibility index (Phi) is 7.54. The number of hydrogen-bond donors (Lipinski definition) is 0. The van der Waals surface area contributed by atoms with Gasteiger partial charge in [0, 0.05) is 10.5 Å². The maximum atomic E-state index is 7.19. The molecule has 2 heteroatoms. The van der Waals surface area contributed by atoms with Gasteiger partial charge >= 0.3 is 0 Å². The highest BCUT2D eigenvalue weighted by atomic mass is 35.5. The third-order valence-corrected chi connectivity index (χ3v) is 12.2. The predicted octanol–water partition coefficient (Wildman–Crippen LogP) is 8.02. The second-order valence-corrected chi connectivity index (χ2v) is 12.3. The lowest BCUT2D eigenvalue weighted by molar-refractivity contribution is 0.381. The van der Waals surface area contributed by atoms with E-state index in [1.807, 2.05) is 0 Å². The summed E-state index contributed by atoms with van der Waals surface area (Å²) in [6.07, 6.45) is 26.5. The Morgan fingerprint density at radius 2 is 1.38 bits per heavy atom. The van der Waals surface area contributed by atoms with E-state index >= 15 is 0 Å². The fraction of sp³-hybridized carbons (Fsp3) is 0.909. The van der Waals surface area contributed by atoms with E-state index in [1.165, 1.54) is 96.3 Å². The highest BCUT2D eigenvalue weighted by Gasteiger charge is 2.50. The maximum absolute atomic E-state index is 7.19. The molecule has 0 N–H and O–H groups in total. The zero-order chi connectivity index (χ0) is 16.8. The van der Waals surface area contributed by atoms with Crippen LogP contribution in [0.25, 0.3) is 0 Å². The first kappa shape index (κ1) is 19.2. The molecule has 24 heavy (non-hydrogen) atoms. The fourth-order valence-electron chi connectivity index (χ4n) is 5.87. The van der Waals surface area contributed by atoms with Crippen molar-refractivity contribution in [2.75, 3.05) is 0 Å². The summed E-state index contributed by atoms with van der Waals surface area (Å²) in [6.45, 7) is 2.20. The van der Waals surface area contributed by atoms with Crippen LogP contribution in [0.3, 0.4) is 0 Å². The minimum absolute atomic E-state index is 0.0664. The van der Waals surface area contributed by atoms with E-state index in [2.05, 4.69) is 19.1 Å². The Balaban J connectivity index is 1.91. The summed E-state index contributed by atoms with van der Waals surface area (Å²) in [4.78, 5) is 0. The number of halogens is 1. The van der Waals surface area contributed by atoms with Crippen LogP contribution in [0.5, 0.6) is 0 Å². The van der Waals surface area contributed by atoms with E-state index in [1.54, 1.807) is 0 Å². The van der Waals surface area contributed by atoms with Crippen LogP contribution in [-0.4, -0.2) is 21.9 Å². The molecule has 0 bridgehead atoms. The third-order valence-electron chi connectivity index (χ3n) is 7.06. The van der Waals surface area contributed by atoms with Crippen LogP contribution in [0.2, 0.25) is 0 Å². The number of alkyl halides is 1. The number of rotatable bonds is 5. The van der Waals surface area contributed by atoms with E-state index < -0.39 is 0 Å². The summed E-state index contributed by atoms with van der Waals surface area (Å²) < 4.78 is 0. The zero-order valence-corrected chi connectivity index (χ0v) is 17.5. The van der Waals surface area contributed by atoms with Crippen molar-refractivity contribution in [3.63, 3.8) is 0 Å². The highest BCUT2D eigenvalue weighted by molar-refractivity contribution is 7.61. The summed E-state index contributed by atoms with van der Waals surface area (Å²) in [5, 5.41) is 0.906. The minimum atomic E-state index is 0.0664. The van der Waals surface area contributed by atoms with Gasteiger partial charge in [0.2, 0.25) is 0 Å². The monoisotopic (exact) mass is 368 g/mol. The van der Waals surface area contributed by atoms with Crippen LogP contribution in [-0.2, 0) is 0 Å². The third kappa shape index (κ3) is 4.23. The second-order valence-electron chi connectivity index (χ2n) is 8.58. The van der Waals surface area contributed by atoms with Crippen molar-refractivity contribution < 1.29 is 0 Å². The molecule has 3 saturated carbocycles. The summed E-state index contributed by atoms with van der Waals surface area (Å²) in [6, 6.07) is 0. The quantitative estimate of drug-likeness (QED) is 0.262. The van der Waals surface area contributed by atoms with Crippen molar-refractivity contribution in [2.24, 2.45) is 0 Å². The fourth-order valence-corrected chi connectivity index (χ4v) is 11.6. The molecule has 3 rings (SSSR count). The Morgan fingerprint density at radius 1 is 0.833 bits per heavy atom. The Hall–Kier alpha value is 0.460.